The molecule has 0 aliphatic carbocycles. The van der Waals surface area contributed by atoms with Crippen LogP contribution in [0.1, 0.15) is 37.9 Å². The van der Waals surface area contributed by atoms with Crippen LogP contribution in [-0.2, 0) is 9.59 Å². The number of rotatable bonds is 12. The molecule has 0 saturated heterocycles. The van der Waals surface area contributed by atoms with Gasteiger partial charge in [-0.2, -0.15) is 0 Å². The molecule has 0 spiro atoms. The van der Waals surface area contributed by atoms with Crippen molar-refractivity contribution in [3.63, 3.8) is 0 Å². The molecule has 0 heterocycles. The van der Waals surface area contributed by atoms with Crippen molar-refractivity contribution < 1.29 is 23.9 Å². The minimum atomic E-state index is -0.574. The topological polar surface area (TPSA) is 106 Å². The predicted octanol–water partition coefficient (Wildman–Crippen LogP) is 8.20. The van der Waals surface area contributed by atoms with Crippen molar-refractivity contribution in [3.8, 4) is 11.5 Å². The molecule has 3 amide bonds. The van der Waals surface area contributed by atoms with Crippen molar-refractivity contribution in [2.75, 3.05) is 24.9 Å². The molecule has 49 heavy (non-hydrogen) atoms. The molecule has 0 aliphatic rings. The average molecular weight is 672 g/mol. The number of nitrogens with one attached hydrogen (secondary N) is 3. The van der Waals surface area contributed by atoms with Crippen LogP contribution in [-0.4, -0.2) is 31.9 Å². The van der Waals surface area contributed by atoms with E-state index in [4.69, 9.17) is 9.47 Å². The maximum Gasteiger partial charge on any atom is 0.272 e. The molecule has 1 atom stereocenters. The van der Waals surface area contributed by atoms with E-state index in [-0.39, 0.29) is 11.6 Å². The number of anilines is 2. The van der Waals surface area contributed by atoms with Crippen LogP contribution < -0.4 is 25.4 Å². The summed E-state index contributed by atoms with van der Waals surface area (Å²) in [5, 5.41) is 8.16. The van der Waals surface area contributed by atoms with Crippen molar-refractivity contribution in [2.45, 2.75) is 24.0 Å². The Kier molecular flexibility index (Phi) is 11.5. The Labute approximate surface area is 290 Å². The predicted molar refractivity (Wildman–Crippen MR) is 196 cm³/mol. The normalized spacial score (nSPS) is 11.6. The van der Waals surface area contributed by atoms with Crippen molar-refractivity contribution in [1.82, 2.24) is 5.32 Å². The van der Waals surface area contributed by atoms with Crippen LogP contribution in [0, 0.1) is 13.8 Å². The second-order valence-corrected chi connectivity index (χ2v) is 12.3. The summed E-state index contributed by atoms with van der Waals surface area (Å²) >= 11 is 1.37. The molecule has 5 aromatic carbocycles. The molecule has 5 aromatic rings. The molecular formula is C40H37N3O5S. The smallest absolute Gasteiger partial charge is 0.272 e. The van der Waals surface area contributed by atoms with Crippen LogP contribution in [0.4, 0.5) is 11.4 Å². The summed E-state index contributed by atoms with van der Waals surface area (Å²) in [4.78, 5) is 41.5. The van der Waals surface area contributed by atoms with E-state index in [0.29, 0.717) is 28.3 Å². The van der Waals surface area contributed by atoms with E-state index in [9.17, 15) is 14.4 Å². The average Bonchev–Trinajstić information content (AvgIpc) is 3.12. The standard InChI is InChI=1S/C40H37N3O5S/c1-26-18-19-32(22-27(26)2)42-40(46)37(28-12-7-5-8-13-28)49-34-17-11-16-31(25-34)41-39(45)35(43-38(44)29-14-9-6-10-15-29)24-30-23-33(47-3)20-21-36(30)48-4/h5-25,37H,1-4H3,(H,41,45)(H,42,46)(H,43,44)/b35-24+. The lowest BCUT2D eigenvalue weighted by Crippen LogP contribution is -2.30. The quantitative estimate of drug-likeness (QED) is 0.0913. The molecule has 0 bridgehead atoms. The lowest BCUT2D eigenvalue weighted by atomic mass is 10.1. The number of thioether (sulfide) groups is 1. The number of ether oxygens (including phenoxy) is 2. The van der Waals surface area contributed by atoms with Gasteiger partial charge in [-0.25, -0.2) is 0 Å². The summed E-state index contributed by atoms with van der Waals surface area (Å²) in [7, 11) is 3.07. The molecule has 9 heteroatoms. The van der Waals surface area contributed by atoms with Crippen LogP contribution in [0.2, 0.25) is 0 Å². The third-order valence-corrected chi connectivity index (χ3v) is 8.97. The lowest BCUT2D eigenvalue weighted by Gasteiger charge is -2.18. The number of carbonyl (C=O) groups excluding carboxylic acids is 3. The van der Waals surface area contributed by atoms with E-state index in [1.807, 2.05) is 74.5 Å². The SMILES string of the molecule is COc1ccc(OC)c(/C=C(/NC(=O)c2ccccc2)C(=O)Nc2cccc(SC(C(=O)Nc3ccc(C)c(C)c3)c3ccccc3)c2)c1. The van der Waals surface area contributed by atoms with Gasteiger partial charge in [0.1, 0.15) is 22.4 Å². The van der Waals surface area contributed by atoms with Gasteiger partial charge in [-0.1, -0.05) is 60.7 Å². The van der Waals surface area contributed by atoms with E-state index in [2.05, 4.69) is 16.0 Å². The molecule has 8 nitrogen and oxygen atoms in total. The highest BCUT2D eigenvalue weighted by Crippen LogP contribution is 2.37. The minimum Gasteiger partial charge on any atom is -0.497 e. The summed E-state index contributed by atoms with van der Waals surface area (Å²) in [6.45, 7) is 4.04. The Bertz CT molecular complexity index is 1980. The van der Waals surface area contributed by atoms with Gasteiger partial charge in [-0.3, -0.25) is 14.4 Å². The van der Waals surface area contributed by atoms with Gasteiger partial charge < -0.3 is 25.4 Å². The van der Waals surface area contributed by atoms with E-state index in [1.54, 1.807) is 73.8 Å². The number of amides is 3. The zero-order valence-corrected chi connectivity index (χ0v) is 28.5. The fourth-order valence-corrected chi connectivity index (χ4v) is 6.04. The van der Waals surface area contributed by atoms with Gasteiger partial charge >= 0.3 is 0 Å². The Hall–Kier alpha value is -5.80. The first-order valence-corrected chi connectivity index (χ1v) is 16.4. The van der Waals surface area contributed by atoms with E-state index < -0.39 is 17.1 Å². The van der Waals surface area contributed by atoms with E-state index in [1.165, 1.54) is 18.9 Å². The molecule has 0 radical (unpaired) electrons. The van der Waals surface area contributed by atoms with Gasteiger partial charge in [-0.05, 0) is 97.3 Å². The molecule has 0 fully saturated rings. The number of carbonyl (C=O) groups is 3. The first-order chi connectivity index (χ1) is 23.7. The zero-order chi connectivity index (χ0) is 34.8. The molecule has 5 rings (SSSR count). The molecule has 0 aliphatic heterocycles. The molecular weight excluding hydrogens is 635 g/mol. The largest absolute Gasteiger partial charge is 0.497 e. The summed E-state index contributed by atoms with van der Waals surface area (Å²) in [5.41, 5.74) is 5.19. The monoisotopic (exact) mass is 671 g/mol. The lowest BCUT2D eigenvalue weighted by molar-refractivity contribution is -0.116. The van der Waals surface area contributed by atoms with Gasteiger partial charge in [0.25, 0.3) is 11.8 Å². The van der Waals surface area contributed by atoms with Gasteiger partial charge in [0.2, 0.25) is 5.91 Å². The highest BCUT2D eigenvalue weighted by molar-refractivity contribution is 8.00. The highest BCUT2D eigenvalue weighted by atomic mass is 32.2. The first-order valence-electron chi connectivity index (χ1n) is 15.6. The second-order valence-electron chi connectivity index (χ2n) is 11.2. The first kappa shape index (κ1) is 34.5. The van der Waals surface area contributed by atoms with Crippen LogP contribution in [0.15, 0.2) is 132 Å². The number of benzene rings is 5. The Morgan fingerprint density at radius 2 is 1.41 bits per heavy atom. The Morgan fingerprint density at radius 3 is 2.10 bits per heavy atom. The number of hydrogen-bond donors (Lipinski definition) is 3. The van der Waals surface area contributed by atoms with Crippen molar-refractivity contribution in [1.29, 1.82) is 0 Å². The molecule has 0 saturated carbocycles. The summed E-state index contributed by atoms with van der Waals surface area (Å²) in [6, 6.07) is 36.4. The van der Waals surface area contributed by atoms with Gasteiger partial charge in [0.15, 0.2) is 0 Å². The third-order valence-electron chi connectivity index (χ3n) is 7.73. The van der Waals surface area contributed by atoms with Gasteiger partial charge in [-0.15, -0.1) is 11.8 Å². The Morgan fingerprint density at radius 1 is 0.694 bits per heavy atom. The van der Waals surface area contributed by atoms with E-state index in [0.717, 1.165) is 27.3 Å². The van der Waals surface area contributed by atoms with Crippen LogP contribution in [0.5, 0.6) is 11.5 Å². The molecule has 248 valence electrons. The maximum atomic E-state index is 13.8. The van der Waals surface area contributed by atoms with Crippen molar-refractivity contribution in [2.24, 2.45) is 0 Å². The highest BCUT2D eigenvalue weighted by Gasteiger charge is 2.23. The maximum absolute atomic E-state index is 13.8. The molecule has 3 N–H and O–H groups in total. The summed E-state index contributed by atoms with van der Waals surface area (Å²) in [5.74, 6) is -0.128. The molecule has 0 aromatic heterocycles. The number of aryl methyl sites for hydroxylation is 2. The minimum absolute atomic E-state index is 0.00612. The van der Waals surface area contributed by atoms with Gasteiger partial charge in [0, 0.05) is 27.4 Å². The summed E-state index contributed by atoms with van der Waals surface area (Å²) < 4.78 is 10.9. The van der Waals surface area contributed by atoms with Gasteiger partial charge in [0.05, 0.1) is 14.2 Å². The fraction of sp³-hybridized carbons (Fsp3) is 0.125. The number of methoxy groups -OCH3 is 2. The van der Waals surface area contributed by atoms with Crippen LogP contribution in [0.25, 0.3) is 6.08 Å². The second kappa shape index (κ2) is 16.3. The summed E-state index contributed by atoms with van der Waals surface area (Å²) in [6.07, 6.45) is 1.54. The van der Waals surface area contributed by atoms with Crippen LogP contribution in [0.3, 0.4) is 0 Å². The zero-order valence-electron chi connectivity index (χ0n) is 27.7. The van der Waals surface area contributed by atoms with E-state index >= 15 is 0 Å². The fourth-order valence-electron chi connectivity index (χ4n) is 4.96. The van der Waals surface area contributed by atoms with Crippen molar-refractivity contribution >= 4 is 46.9 Å². The third kappa shape index (κ3) is 9.18. The molecule has 1 unspecified atom stereocenters. The van der Waals surface area contributed by atoms with Crippen molar-refractivity contribution in [3.05, 3.63) is 155 Å². The Balaban J connectivity index is 1.41. The number of hydrogen-bond acceptors (Lipinski definition) is 6. The van der Waals surface area contributed by atoms with Crippen LogP contribution >= 0.6 is 11.8 Å².